The van der Waals surface area contributed by atoms with Crippen molar-refractivity contribution in [3.05, 3.63) is 17.5 Å². The van der Waals surface area contributed by atoms with Crippen LogP contribution in [-0.2, 0) is 24.3 Å². The molecule has 1 aromatic heterocycles. The van der Waals surface area contributed by atoms with Gasteiger partial charge in [0, 0.05) is 26.2 Å². The second-order valence-corrected chi connectivity index (χ2v) is 11.1. The molecule has 0 spiro atoms. The smallest absolute Gasteiger partial charge is 0.309 e. The summed E-state index contributed by atoms with van der Waals surface area (Å²) in [7, 11) is -3.48. The summed E-state index contributed by atoms with van der Waals surface area (Å²) in [5.74, 6) is 0.00178. The Bertz CT molecular complexity index is 775. The molecule has 0 saturated carbocycles. The maximum absolute atomic E-state index is 12.5. The average Bonchev–Trinajstić information content (AvgIpc) is 3.21. The Morgan fingerprint density at radius 3 is 2.39 bits per heavy atom. The Morgan fingerprint density at radius 1 is 1.18 bits per heavy atom. The van der Waals surface area contributed by atoms with Gasteiger partial charge >= 0.3 is 5.97 Å². The molecule has 3 rings (SSSR count). The first kappa shape index (κ1) is 21.3. The molecule has 9 heteroatoms. The summed E-state index contributed by atoms with van der Waals surface area (Å²) in [5.41, 5.74) is 0. The van der Waals surface area contributed by atoms with Gasteiger partial charge in [0.25, 0.3) is 15.9 Å². The van der Waals surface area contributed by atoms with E-state index in [0.717, 1.165) is 6.42 Å². The van der Waals surface area contributed by atoms with E-state index in [1.54, 1.807) is 22.4 Å². The van der Waals surface area contributed by atoms with Crippen molar-refractivity contribution in [1.82, 2.24) is 9.21 Å². The van der Waals surface area contributed by atoms with Crippen molar-refractivity contribution in [2.75, 3.05) is 32.8 Å². The number of ether oxygens (including phenoxy) is 1. The number of carbonyl (C=O) groups excluding carboxylic acids is 2. The molecule has 0 N–H and O–H groups in total. The number of thiophene rings is 1. The number of esters is 1. The van der Waals surface area contributed by atoms with Gasteiger partial charge in [0.05, 0.1) is 5.92 Å². The van der Waals surface area contributed by atoms with Crippen LogP contribution in [-0.4, -0.2) is 62.3 Å². The van der Waals surface area contributed by atoms with Gasteiger partial charge in [-0.2, -0.15) is 4.31 Å². The number of carbonyl (C=O) groups is 2. The van der Waals surface area contributed by atoms with E-state index in [1.165, 1.54) is 15.6 Å². The highest BCUT2D eigenvalue weighted by molar-refractivity contribution is 7.91. The number of hydrogen-bond acceptors (Lipinski definition) is 6. The minimum absolute atomic E-state index is 0.149. The predicted molar refractivity (Wildman–Crippen MR) is 106 cm³/mol. The van der Waals surface area contributed by atoms with Crippen LogP contribution in [0.25, 0.3) is 0 Å². The van der Waals surface area contributed by atoms with Crippen LogP contribution in [0, 0.1) is 17.8 Å². The first-order chi connectivity index (χ1) is 13.3. The molecule has 0 bridgehead atoms. The Kier molecular flexibility index (Phi) is 6.77. The highest BCUT2D eigenvalue weighted by Gasteiger charge is 2.34. The van der Waals surface area contributed by atoms with E-state index in [4.69, 9.17) is 4.74 Å². The monoisotopic (exact) mass is 428 g/mol. The maximum Gasteiger partial charge on any atom is 0.309 e. The van der Waals surface area contributed by atoms with Gasteiger partial charge in [0.1, 0.15) is 4.21 Å². The van der Waals surface area contributed by atoms with Gasteiger partial charge in [-0.05, 0) is 42.5 Å². The highest BCUT2D eigenvalue weighted by atomic mass is 32.2. The lowest BCUT2D eigenvalue weighted by Gasteiger charge is -2.35. The second kappa shape index (κ2) is 8.92. The van der Waals surface area contributed by atoms with E-state index in [1.807, 2.05) is 0 Å². The number of likely N-dealkylation sites (tertiary alicyclic amines) is 1. The molecule has 2 unspecified atom stereocenters. The molecule has 0 aliphatic carbocycles. The summed E-state index contributed by atoms with van der Waals surface area (Å²) in [5, 5.41) is 1.73. The van der Waals surface area contributed by atoms with Crippen LogP contribution < -0.4 is 0 Å². The summed E-state index contributed by atoms with van der Waals surface area (Å²) in [6.45, 7) is 6.01. The Hall–Kier alpha value is -1.45. The topological polar surface area (TPSA) is 84.0 Å². The molecule has 3 heterocycles. The fourth-order valence-electron chi connectivity index (χ4n) is 4.08. The second-order valence-electron chi connectivity index (χ2n) is 7.96. The molecule has 0 radical (unpaired) electrons. The number of hydrogen-bond donors (Lipinski definition) is 0. The van der Waals surface area contributed by atoms with Crippen LogP contribution in [0.2, 0.25) is 0 Å². The molecule has 1 aromatic rings. The van der Waals surface area contributed by atoms with Crippen molar-refractivity contribution in [2.24, 2.45) is 17.8 Å². The van der Waals surface area contributed by atoms with E-state index >= 15 is 0 Å². The van der Waals surface area contributed by atoms with Crippen molar-refractivity contribution in [1.29, 1.82) is 0 Å². The van der Waals surface area contributed by atoms with Gasteiger partial charge in [0.2, 0.25) is 0 Å². The van der Waals surface area contributed by atoms with Crippen molar-refractivity contribution >= 4 is 33.2 Å². The third kappa shape index (κ3) is 4.93. The van der Waals surface area contributed by atoms with E-state index in [2.05, 4.69) is 13.8 Å². The fourth-order valence-corrected chi connectivity index (χ4v) is 6.69. The van der Waals surface area contributed by atoms with Gasteiger partial charge < -0.3 is 9.64 Å². The number of amides is 1. The van der Waals surface area contributed by atoms with Crippen LogP contribution in [0.15, 0.2) is 21.7 Å². The minimum atomic E-state index is -3.48. The van der Waals surface area contributed by atoms with Crippen LogP contribution in [0.3, 0.4) is 0 Å². The van der Waals surface area contributed by atoms with Gasteiger partial charge in [-0.3, -0.25) is 9.59 Å². The Labute approximate surface area is 170 Å². The van der Waals surface area contributed by atoms with Gasteiger partial charge in [-0.25, -0.2) is 8.42 Å². The van der Waals surface area contributed by atoms with Gasteiger partial charge in [0.15, 0.2) is 6.61 Å². The van der Waals surface area contributed by atoms with E-state index in [0.29, 0.717) is 42.0 Å². The lowest BCUT2D eigenvalue weighted by Crippen LogP contribution is -2.45. The third-order valence-corrected chi connectivity index (χ3v) is 8.71. The maximum atomic E-state index is 12.5. The van der Waals surface area contributed by atoms with Crippen LogP contribution in [0.4, 0.5) is 0 Å². The van der Waals surface area contributed by atoms with Crippen LogP contribution in [0.1, 0.15) is 33.1 Å². The Morgan fingerprint density at radius 2 is 1.82 bits per heavy atom. The lowest BCUT2D eigenvalue weighted by atomic mass is 9.92. The lowest BCUT2D eigenvalue weighted by molar-refractivity contribution is -0.157. The van der Waals surface area contributed by atoms with Crippen molar-refractivity contribution < 1.29 is 22.7 Å². The fraction of sp³-hybridized carbons (Fsp3) is 0.684. The SMILES string of the molecule is CC1CC(C)CN(C(=O)COC(=O)C2CCN(S(=O)(=O)c3cccs3)CC2)C1. The summed E-state index contributed by atoms with van der Waals surface area (Å²) in [4.78, 5) is 26.5. The largest absolute Gasteiger partial charge is 0.455 e. The first-order valence-corrected chi connectivity index (χ1v) is 12.1. The zero-order valence-corrected chi connectivity index (χ0v) is 18.0. The van der Waals surface area contributed by atoms with E-state index in [9.17, 15) is 18.0 Å². The molecule has 2 fully saturated rings. The minimum Gasteiger partial charge on any atom is -0.455 e. The van der Waals surface area contributed by atoms with E-state index in [-0.39, 0.29) is 31.5 Å². The molecule has 28 heavy (non-hydrogen) atoms. The molecule has 0 aromatic carbocycles. The summed E-state index contributed by atoms with van der Waals surface area (Å²) in [6.07, 6.45) is 1.93. The third-order valence-electron chi connectivity index (χ3n) is 5.44. The number of piperidine rings is 2. The van der Waals surface area contributed by atoms with Crippen molar-refractivity contribution in [3.63, 3.8) is 0 Å². The summed E-state index contributed by atoms with van der Waals surface area (Å²) in [6, 6.07) is 3.30. The number of nitrogens with zero attached hydrogens (tertiary/aromatic N) is 2. The average molecular weight is 429 g/mol. The molecule has 156 valence electrons. The zero-order valence-electron chi connectivity index (χ0n) is 16.4. The molecule has 2 saturated heterocycles. The number of rotatable bonds is 5. The van der Waals surface area contributed by atoms with Crippen LogP contribution in [0.5, 0.6) is 0 Å². The van der Waals surface area contributed by atoms with Crippen molar-refractivity contribution in [3.8, 4) is 0 Å². The highest BCUT2D eigenvalue weighted by Crippen LogP contribution is 2.27. The first-order valence-electron chi connectivity index (χ1n) is 9.75. The zero-order chi connectivity index (χ0) is 20.3. The molecular weight excluding hydrogens is 400 g/mol. The van der Waals surface area contributed by atoms with Crippen molar-refractivity contribution in [2.45, 2.75) is 37.3 Å². The molecule has 2 aliphatic rings. The Balaban J connectivity index is 1.46. The summed E-state index contributed by atoms with van der Waals surface area (Å²) < 4.78 is 32.1. The van der Waals surface area contributed by atoms with E-state index < -0.39 is 16.0 Å². The summed E-state index contributed by atoms with van der Waals surface area (Å²) >= 11 is 1.19. The normalized spacial score (nSPS) is 24.9. The quantitative estimate of drug-likeness (QED) is 0.672. The van der Waals surface area contributed by atoms with Crippen LogP contribution >= 0.6 is 11.3 Å². The van der Waals surface area contributed by atoms with Gasteiger partial charge in [-0.1, -0.05) is 19.9 Å². The predicted octanol–water partition coefficient (Wildman–Crippen LogP) is 2.20. The molecular formula is C19H28N2O5S2. The molecule has 7 nitrogen and oxygen atoms in total. The van der Waals surface area contributed by atoms with Gasteiger partial charge in [-0.15, -0.1) is 11.3 Å². The number of sulfonamides is 1. The molecule has 2 aliphatic heterocycles. The molecule has 1 amide bonds. The standard InChI is InChI=1S/C19H28N2O5S2/c1-14-10-15(2)12-20(11-14)17(22)13-26-19(23)16-5-7-21(8-6-16)28(24,25)18-4-3-9-27-18/h3-4,9,14-16H,5-8,10-13H2,1-2H3. The molecule has 2 atom stereocenters.